The Labute approximate surface area is 126 Å². The lowest BCUT2D eigenvalue weighted by Gasteiger charge is -2.39. The number of aliphatic hydroxyl groups is 1. The summed E-state index contributed by atoms with van der Waals surface area (Å²) in [6.07, 6.45) is 7.13. The quantitative estimate of drug-likeness (QED) is 0.492. The van der Waals surface area contributed by atoms with Crippen molar-refractivity contribution < 1.29 is 19.4 Å². The van der Waals surface area contributed by atoms with Crippen LogP contribution in [0.15, 0.2) is 23.8 Å². The highest BCUT2D eigenvalue weighted by Crippen LogP contribution is 2.66. The van der Waals surface area contributed by atoms with Gasteiger partial charge < -0.3 is 14.6 Å². The first-order valence-corrected chi connectivity index (χ1v) is 7.49. The van der Waals surface area contributed by atoms with E-state index >= 15 is 0 Å². The van der Waals surface area contributed by atoms with Crippen LogP contribution in [0.25, 0.3) is 0 Å². The van der Waals surface area contributed by atoms with Crippen LogP contribution in [0.3, 0.4) is 0 Å². The van der Waals surface area contributed by atoms with Gasteiger partial charge in [-0.15, -0.1) is 0 Å². The van der Waals surface area contributed by atoms with Crippen LogP contribution in [0.1, 0.15) is 47.5 Å². The fourth-order valence-electron chi connectivity index (χ4n) is 3.68. The van der Waals surface area contributed by atoms with E-state index in [1.807, 2.05) is 19.1 Å². The highest BCUT2D eigenvalue weighted by Gasteiger charge is 2.74. The molecule has 1 aliphatic heterocycles. The molecule has 0 bridgehead atoms. The lowest BCUT2D eigenvalue weighted by atomic mass is 9.63. The SMILES string of the molecule is CC(=O)OC/C=C(C)/C=C/[C@@]12O[C@]1(C)C[C@@H](O)CC2(C)C. The molecule has 0 amide bonds. The molecule has 118 valence electrons. The summed E-state index contributed by atoms with van der Waals surface area (Å²) in [5.74, 6) is -0.276. The summed E-state index contributed by atoms with van der Waals surface area (Å²) in [4.78, 5) is 10.7. The molecule has 0 spiro atoms. The lowest BCUT2D eigenvalue weighted by molar-refractivity contribution is -0.139. The first-order chi connectivity index (χ1) is 9.62. The van der Waals surface area contributed by atoms with Gasteiger partial charge in [-0.1, -0.05) is 25.5 Å². The number of carbonyl (C=O) groups is 1. The predicted molar refractivity (Wildman–Crippen MR) is 80.8 cm³/mol. The van der Waals surface area contributed by atoms with Crippen molar-refractivity contribution in [1.82, 2.24) is 0 Å². The van der Waals surface area contributed by atoms with Gasteiger partial charge in [-0.25, -0.2) is 0 Å². The molecule has 1 saturated carbocycles. The van der Waals surface area contributed by atoms with Gasteiger partial charge in [0.1, 0.15) is 17.8 Å². The van der Waals surface area contributed by atoms with Crippen molar-refractivity contribution in [2.24, 2.45) is 5.41 Å². The Balaban J connectivity index is 2.08. The smallest absolute Gasteiger partial charge is 0.302 e. The zero-order valence-corrected chi connectivity index (χ0v) is 13.6. The number of rotatable bonds is 4. The molecule has 0 aromatic carbocycles. The van der Waals surface area contributed by atoms with Gasteiger partial charge in [-0.3, -0.25) is 4.79 Å². The number of ether oxygens (including phenoxy) is 2. The second-order valence-corrected chi connectivity index (χ2v) is 7.10. The Hall–Kier alpha value is -1.13. The molecule has 4 nitrogen and oxygen atoms in total. The molecule has 1 N–H and O–H groups in total. The van der Waals surface area contributed by atoms with Crippen LogP contribution in [0.2, 0.25) is 0 Å². The number of aliphatic hydroxyl groups excluding tert-OH is 1. The van der Waals surface area contributed by atoms with Gasteiger partial charge in [0.15, 0.2) is 0 Å². The summed E-state index contributed by atoms with van der Waals surface area (Å²) < 4.78 is 11.0. The average Bonchev–Trinajstić information content (AvgIpc) is 2.92. The maximum atomic E-state index is 10.7. The minimum atomic E-state index is -0.310. The number of hydrogen-bond donors (Lipinski definition) is 1. The molecule has 4 heteroatoms. The van der Waals surface area contributed by atoms with E-state index in [0.29, 0.717) is 13.0 Å². The van der Waals surface area contributed by atoms with Gasteiger partial charge in [-0.2, -0.15) is 0 Å². The van der Waals surface area contributed by atoms with Crippen molar-refractivity contribution in [3.63, 3.8) is 0 Å². The van der Waals surface area contributed by atoms with E-state index in [1.165, 1.54) is 6.92 Å². The number of epoxide rings is 1. The third kappa shape index (κ3) is 2.92. The normalized spacial score (nSPS) is 38.2. The minimum Gasteiger partial charge on any atom is -0.462 e. The maximum Gasteiger partial charge on any atom is 0.302 e. The molecule has 0 unspecified atom stereocenters. The molecule has 21 heavy (non-hydrogen) atoms. The first kappa shape index (κ1) is 16.2. The molecule has 0 aromatic rings. The van der Waals surface area contributed by atoms with Gasteiger partial charge in [0.2, 0.25) is 0 Å². The Morgan fingerprint density at radius 1 is 1.33 bits per heavy atom. The van der Waals surface area contributed by atoms with E-state index < -0.39 is 0 Å². The number of carbonyl (C=O) groups excluding carboxylic acids is 1. The van der Waals surface area contributed by atoms with Gasteiger partial charge >= 0.3 is 5.97 Å². The van der Waals surface area contributed by atoms with Crippen molar-refractivity contribution in [2.75, 3.05) is 6.61 Å². The van der Waals surface area contributed by atoms with E-state index in [2.05, 4.69) is 26.8 Å². The average molecular weight is 294 g/mol. The fourth-order valence-corrected chi connectivity index (χ4v) is 3.68. The molecular formula is C17H26O4. The predicted octanol–water partition coefficient (Wildman–Crippen LogP) is 2.76. The molecule has 2 rings (SSSR count). The monoisotopic (exact) mass is 294 g/mol. The fraction of sp³-hybridized carbons (Fsp3) is 0.706. The minimum absolute atomic E-state index is 0.105. The van der Waals surface area contributed by atoms with Gasteiger partial charge in [0.25, 0.3) is 0 Å². The summed E-state index contributed by atoms with van der Waals surface area (Å²) in [5.41, 5.74) is 0.341. The first-order valence-electron chi connectivity index (χ1n) is 7.49. The topological polar surface area (TPSA) is 59.1 Å². The highest BCUT2D eigenvalue weighted by atomic mass is 16.6. The number of esters is 1. The Morgan fingerprint density at radius 3 is 2.57 bits per heavy atom. The summed E-state index contributed by atoms with van der Waals surface area (Å²) in [6, 6.07) is 0. The molecule has 2 fully saturated rings. The van der Waals surface area contributed by atoms with Crippen molar-refractivity contribution in [2.45, 2.75) is 64.8 Å². The second-order valence-electron chi connectivity index (χ2n) is 7.10. The van der Waals surface area contributed by atoms with E-state index in [4.69, 9.17) is 9.47 Å². The van der Waals surface area contributed by atoms with Crippen LogP contribution in [0.4, 0.5) is 0 Å². The summed E-state index contributed by atoms with van der Waals surface area (Å²) in [6.45, 7) is 10.0. The van der Waals surface area contributed by atoms with Crippen LogP contribution in [0, 0.1) is 5.41 Å². The summed E-state index contributed by atoms with van der Waals surface area (Å²) in [7, 11) is 0. The summed E-state index contributed by atoms with van der Waals surface area (Å²) in [5, 5.41) is 10.0. The van der Waals surface area contributed by atoms with E-state index in [9.17, 15) is 9.90 Å². The molecule has 2 aliphatic rings. The maximum absolute atomic E-state index is 10.7. The Bertz CT molecular complexity index is 491. The lowest BCUT2D eigenvalue weighted by Crippen LogP contribution is -2.46. The van der Waals surface area contributed by atoms with Crippen molar-refractivity contribution in [3.05, 3.63) is 23.8 Å². The molecule has 1 heterocycles. The highest BCUT2D eigenvalue weighted by molar-refractivity contribution is 5.66. The molecule has 0 radical (unpaired) electrons. The molecule has 3 atom stereocenters. The molecule has 1 aliphatic carbocycles. The van der Waals surface area contributed by atoms with Crippen molar-refractivity contribution >= 4 is 5.97 Å². The zero-order chi connectivity index (χ0) is 15.9. The standard InChI is InChI=1S/C17H26O4/c1-12(7-9-20-13(2)18)6-8-17-15(3,4)10-14(19)11-16(17,5)21-17/h6-8,14,19H,9-11H2,1-5H3/b8-6+,12-7+/t14-,16+,17-/m0/s1. The van der Waals surface area contributed by atoms with Crippen molar-refractivity contribution in [1.29, 1.82) is 0 Å². The van der Waals surface area contributed by atoms with Crippen LogP contribution in [0.5, 0.6) is 0 Å². The van der Waals surface area contributed by atoms with Crippen molar-refractivity contribution in [3.8, 4) is 0 Å². The van der Waals surface area contributed by atoms with Crippen LogP contribution >= 0.6 is 0 Å². The van der Waals surface area contributed by atoms with Gasteiger partial charge in [0.05, 0.1) is 6.10 Å². The third-order valence-electron chi connectivity index (χ3n) is 4.78. The van der Waals surface area contributed by atoms with Crippen LogP contribution in [-0.2, 0) is 14.3 Å². The number of fused-ring (bicyclic) bond motifs is 1. The van der Waals surface area contributed by atoms with E-state index in [1.54, 1.807) is 0 Å². The third-order valence-corrected chi connectivity index (χ3v) is 4.78. The molecular weight excluding hydrogens is 268 g/mol. The molecule has 1 saturated heterocycles. The van der Waals surface area contributed by atoms with E-state index in [0.717, 1.165) is 12.0 Å². The number of allylic oxidation sites excluding steroid dienone is 2. The largest absolute Gasteiger partial charge is 0.462 e. The van der Waals surface area contributed by atoms with Crippen LogP contribution in [-0.4, -0.2) is 35.0 Å². The Kier molecular flexibility index (Phi) is 4.06. The molecule has 0 aromatic heterocycles. The second kappa shape index (κ2) is 5.25. The Morgan fingerprint density at radius 2 is 2.00 bits per heavy atom. The number of hydrogen-bond acceptors (Lipinski definition) is 4. The van der Waals surface area contributed by atoms with Gasteiger partial charge in [0, 0.05) is 18.8 Å². The van der Waals surface area contributed by atoms with E-state index in [-0.39, 0.29) is 28.7 Å². The summed E-state index contributed by atoms with van der Waals surface area (Å²) >= 11 is 0. The van der Waals surface area contributed by atoms with Crippen LogP contribution < -0.4 is 0 Å². The van der Waals surface area contributed by atoms with Gasteiger partial charge in [-0.05, 0) is 32.4 Å². The zero-order valence-electron chi connectivity index (χ0n) is 13.6.